The molecule has 6 nitrogen and oxygen atoms in total. The number of ether oxygens (including phenoxy) is 1. The lowest BCUT2D eigenvalue weighted by Gasteiger charge is -2.40. The quantitative estimate of drug-likeness (QED) is 0.835. The van der Waals surface area contributed by atoms with Crippen LogP contribution in [-0.4, -0.2) is 58.2 Å². The number of carbonyl (C=O) groups excluding carboxylic acids is 1. The number of para-hydroxylation sites is 1. The van der Waals surface area contributed by atoms with Gasteiger partial charge < -0.3 is 9.64 Å². The van der Waals surface area contributed by atoms with Crippen LogP contribution in [0.2, 0.25) is 0 Å². The van der Waals surface area contributed by atoms with Gasteiger partial charge in [0.05, 0.1) is 24.6 Å². The van der Waals surface area contributed by atoms with Crippen LogP contribution in [0, 0.1) is 0 Å². The van der Waals surface area contributed by atoms with Gasteiger partial charge in [0.2, 0.25) is 0 Å². The van der Waals surface area contributed by atoms with Crippen molar-refractivity contribution in [2.75, 3.05) is 26.2 Å². The molecule has 0 N–H and O–H groups in total. The molecule has 0 spiro atoms. The summed E-state index contributed by atoms with van der Waals surface area (Å²) in [4.78, 5) is 16.9. The van der Waals surface area contributed by atoms with Crippen molar-refractivity contribution < 1.29 is 9.53 Å². The van der Waals surface area contributed by atoms with Crippen molar-refractivity contribution >= 4 is 5.91 Å². The molecule has 1 aliphatic heterocycles. The molecule has 6 heteroatoms. The van der Waals surface area contributed by atoms with Crippen molar-refractivity contribution in [1.82, 2.24) is 20.0 Å². The fraction of sp³-hybridized carbons (Fsp3) is 0.421. The van der Waals surface area contributed by atoms with Crippen LogP contribution in [0.1, 0.15) is 29.8 Å². The van der Waals surface area contributed by atoms with Crippen LogP contribution < -0.4 is 4.74 Å². The normalized spacial score (nSPS) is 18.2. The van der Waals surface area contributed by atoms with E-state index < -0.39 is 0 Å². The molecule has 1 aromatic carbocycles. The van der Waals surface area contributed by atoms with Crippen molar-refractivity contribution in [2.45, 2.75) is 26.4 Å². The van der Waals surface area contributed by atoms with E-state index in [9.17, 15) is 4.79 Å². The lowest BCUT2D eigenvalue weighted by molar-refractivity contribution is 0.0473. The summed E-state index contributed by atoms with van der Waals surface area (Å²) in [6.07, 6.45) is 3.08. The van der Waals surface area contributed by atoms with E-state index in [2.05, 4.69) is 28.1 Å². The van der Waals surface area contributed by atoms with E-state index in [0.717, 1.165) is 25.4 Å². The van der Waals surface area contributed by atoms with Crippen LogP contribution >= 0.6 is 0 Å². The Kier molecular flexibility index (Phi) is 5.60. The van der Waals surface area contributed by atoms with Crippen molar-refractivity contribution in [2.24, 2.45) is 0 Å². The number of hydrogen-bond donors (Lipinski definition) is 0. The van der Waals surface area contributed by atoms with E-state index in [-0.39, 0.29) is 11.9 Å². The molecule has 132 valence electrons. The zero-order chi connectivity index (χ0) is 17.6. The summed E-state index contributed by atoms with van der Waals surface area (Å²) in [6.45, 7) is 7.97. The van der Waals surface area contributed by atoms with Gasteiger partial charge in [-0.2, -0.15) is 10.2 Å². The van der Waals surface area contributed by atoms with Crippen LogP contribution in [0.4, 0.5) is 0 Å². The lowest BCUT2D eigenvalue weighted by atomic mass is 10.1. The molecule has 0 unspecified atom stereocenters. The maximum atomic E-state index is 12.6. The molecule has 1 fully saturated rings. The third kappa shape index (κ3) is 4.14. The molecule has 1 amide bonds. The highest BCUT2D eigenvalue weighted by molar-refractivity contribution is 5.94. The highest BCUT2D eigenvalue weighted by atomic mass is 16.5. The Morgan fingerprint density at radius 1 is 1.24 bits per heavy atom. The van der Waals surface area contributed by atoms with Crippen molar-refractivity contribution in [1.29, 1.82) is 0 Å². The van der Waals surface area contributed by atoms with Crippen LogP contribution in [0.25, 0.3) is 0 Å². The molecule has 0 saturated carbocycles. The second-order valence-electron chi connectivity index (χ2n) is 6.25. The maximum absolute atomic E-state index is 12.6. The van der Waals surface area contributed by atoms with E-state index >= 15 is 0 Å². The second kappa shape index (κ2) is 8.07. The fourth-order valence-electron chi connectivity index (χ4n) is 3.23. The predicted octanol–water partition coefficient (Wildman–Crippen LogP) is 2.22. The van der Waals surface area contributed by atoms with Gasteiger partial charge in [-0.25, -0.2) is 0 Å². The third-order valence-corrected chi connectivity index (χ3v) is 4.47. The largest absolute Gasteiger partial charge is 0.494 e. The summed E-state index contributed by atoms with van der Waals surface area (Å²) in [7, 11) is 0. The van der Waals surface area contributed by atoms with E-state index in [1.165, 1.54) is 11.8 Å². The van der Waals surface area contributed by atoms with Crippen LogP contribution in [-0.2, 0) is 6.54 Å². The van der Waals surface area contributed by atoms with Gasteiger partial charge >= 0.3 is 0 Å². The highest BCUT2D eigenvalue weighted by Crippen LogP contribution is 2.22. The van der Waals surface area contributed by atoms with Gasteiger partial charge in [0.25, 0.3) is 5.91 Å². The summed E-state index contributed by atoms with van der Waals surface area (Å²) in [5, 5.41) is 7.54. The number of rotatable bonds is 5. The number of nitrogens with zero attached hydrogens (tertiary/aromatic N) is 4. The standard InChI is InChI=1S/C19H24N4O2/c1-3-25-18-7-5-4-6-17(18)14-22-10-11-23(15(2)13-22)19(24)16-8-9-20-21-12-16/h4-9,12,15H,3,10-11,13-14H2,1-2H3/t15-/m0/s1. The molecule has 1 saturated heterocycles. The number of piperazine rings is 1. The molecule has 3 rings (SSSR count). The van der Waals surface area contributed by atoms with Gasteiger partial charge in [0.15, 0.2) is 0 Å². The summed E-state index contributed by atoms with van der Waals surface area (Å²) in [6, 6.07) is 10.0. The first kappa shape index (κ1) is 17.4. The van der Waals surface area contributed by atoms with E-state index in [1.807, 2.05) is 30.0 Å². The molecule has 1 aliphatic rings. The van der Waals surface area contributed by atoms with Gasteiger partial charge in [0.1, 0.15) is 5.75 Å². The smallest absolute Gasteiger partial charge is 0.255 e. The summed E-state index contributed by atoms with van der Waals surface area (Å²) in [5.41, 5.74) is 1.78. The summed E-state index contributed by atoms with van der Waals surface area (Å²) >= 11 is 0. The van der Waals surface area contributed by atoms with Gasteiger partial charge in [-0.1, -0.05) is 18.2 Å². The first-order valence-electron chi connectivity index (χ1n) is 8.69. The topological polar surface area (TPSA) is 58.6 Å². The molecule has 0 bridgehead atoms. The molecule has 1 atom stereocenters. The molecule has 2 aromatic rings. The first-order valence-corrected chi connectivity index (χ1v) is 8.69. The van der Waals surface area contributed by atoms with Gasteiger partial charge in [-0.15, -0.1) is 0 Å². The Morgan fingerprint density at radius 2 is 2.08 bits per heavy atom. The minimum absolute atomic E-state index is 0.0248. The minimum atomic E-state index is 0.0248. The van der Waals surface area contributed by atoms with Crippen LogP contribution in [0.15, 0.2) is 42.7 Å². The summed E-state index contributed by atoms with van der Waals surface area (Å²) < 4.78 is 5.72. The Hall–Kier alpha value is -2.47. The number of carbonyl (C=O) groups is 1. The molecule has 1 aromatic heterocycles. The third-order valence-electron chi connectivity index (χ3n) is 4.47. The van der Waals surface area contributed by atoms with E-state index in [4.69, 9.17) is 4.74 Å². The number of amides is 1. The van der Waals surface area contributed by atoms with Crippen molar-refractivity contribution in [3.63, 3.8) is 0 Å². The van der Waals surface area contributed by atoms with E-state index in [1.54, 1.807) is 12.3 Å². The average Bonchev–Trinajstić information content (AvgIpc) is 2.64. The molecular weight excluding hydrogens is 316 g/mol. The Morgan fingerprint density at radius 3 is 2.80 bits per heavy atom. The van der Waals surface area contributed by atoms with Crippen molar-refractivity contribution in [3.05, 3.63) is 53.9 Å². The zero-order valence-electron chi connectivity index (χ0n) is 14.8. The second-order valence-corrected chi connectivity index (χ2v) is 6.25. The van der Waals surface area contributed by atoms with Crippen LogP contribution in [0.5, 0.6) is 5.75 Å². The average molecular weight is 340 g/mol. The number of benzene rings is 1. The van der Waals surface area contributed by atoms with Gasteiger partial charge in [-0.3, -0.25) is 9.69 Å². The Balaban J connectivity index is 1.63. The fourth-order valence-corrected chi connectivity index (χ4v) is 3.23. The molecule has 0 radical (unpaired) electrons. The predicted molar refractivity (Wildman–Crippen MR) is 95.4 cm³/mol. The number of hydrogen-bond acceptors (Lipinski definition) is 5. The highest BCUT2D eigenvalue weighted by Gasteiger charge is 2.28. The van der Waals surface area contributed by atoms with Gasteiger partial charge in [0, 0.05) is 37.8 Å². The van der Waals surface area contributed by atoms with Crippen LogP contribution in [0.3, 0.4) is 0 Å². The Labute approximate surface area is 148 Å². The molecular formula is C19H24N4O2. The molecule has 2 heterocycles. The van der Waals surface area contributed by atoms with Gasteiger partial charge in [-0.05, 0) is 26.0 Å². The summed E-state index contributed by atoms with van der Waals surface area (Å²) in [5.74, 6) is 0.968. The first-order chi connectivity index (χ1) is 12.2. The monoisotopic (exact) mass is 340 g/mol. The zero-order valence-corrected chi connectivity index (χ0v) is 14.8. The molecule has 0 aliphatic carbocycles. The molecule has 25 heavy (non-hydrogen) atoms. The minimum Gasteiger partial charge on any atom is -0.494 e. The SMILES string of the molecule is CCOc1ccccc1CN1CCN(C(=O)c2ccnnc2)[C@@H](C)C1. The number of aromatic nitrogens is 2. The Bertz CT molecular complexity index is 708. The lowest BCUT2D eigenvalue weighted by Crippen LogP contribution is -2.53. The maximum Gasteiger partial charge on any atom is 0.255 e. The van der Waals surface area contributed by atoms with Crippen molar-refractivity contribution in [3.8, 4) is 5.75 Å². The van der Waals surface area contributed by atoms with E-state index in [0.29, 0.717) is 18.7 Å².